The van der Waals surface area contributed by atoms with Gasteiger partial charge in [0, 0.05) is 14.2 Å². The van der Waals surface area contributed by atoms with Crippen molar-refractivity contribution in [1.29, 1.82) is 0 Å². The van der Waals surface area contributed by atoms with Gasteiger partial charge in [0.2, 0.25) is 5.91 Å². The number of primary amides is 1. The zero-order valence-corrected chi connectivity index (χ0v) is 7.91. The highest BCUT2D eigenvalue weighted by molar-refractivity contribution is 5.86. The van der Waals surface area contributed by atoms with Gasteiger partial charge in [-0.25, -0.2) is 0 Å². The van der Waals surface area contributed by atoms with Crippen molar-refractivity contribution in [3.8, 4) is 0 Å². The second-order valence-electron chi connectivity index (χ2n) is 3.07. The van der Waals surface area contributed by atoms with Gasteiger partial charge in [-0.15, -0.1) is 0 Å². The van der Waals surface area contributed by atoms with Gasteiger partial charge < -0.3 is 19.9 Å². The zero-order valence-electron chi connectivity index (χ0n) is 7.91. The lowest BCUT2D eigenvalue weighted by Gasteiger charge is -2.17. The number of rotatable bonds is 6. The third-order valence-electron chi connectivity index (χ3n) is 2.17. The summed E-state index contributed by atoms with van der Waals surface area (Å²) in [5.74, 6) is -0.404. The predicted molar refractivity (Wildman–Crippen MR) is 44.9 cm³/mol. The van der Waals surface area contributed by atoms with E-state index in [9.17, 15) is 4.79 Å². The minimum Gasteiger partial charge on any atom is -0.367 e. The van der Waals surface area contributed by atoms with Crippen molar-refractivity contribution in [2.45, 2.75) is 24.7 Å². The summed E-state index contributed by atoms with van der Waals surface area (Å²) in [5.41, 5.74) is 4.42. The number of methoxy groups -OCH3 is 2. The number of hydrogen-bond donors (Lipinski definition) is 1. The molecule has 1 rings (SSSR count). The van der Waals surface area contributed by atoms with Gasteiger partial charge in [-0.05, 0) is 12.8 Å². The lowest BCUT2D eigenvalue weighted by atomic mass is 10.3. The molecular formula is C8H15NO4. The van der Waals surface area contributed by atoms with Gasteiger partial charge in [-0.3, -0.25) is 4.79 Å². The van der Waals surface area contributed by atoms with Crippen molar-refractivity contribution in [1.82, 2.24) is 0 Å². The van der Waals surface area contributed by atoms with Crippen molar-refractivity contribution in [3.05, 3.63) is 0 Å². The average Bonchev–Trinajstić information content (AvgIpc) is 2.87. The second-order valence-corrected chi connectivity index (χ2v) is 3.07. The van der Waals surface area contributed by atoms with Crippen LogP contribution in [0.4, 0.5) is 0 Å². The van der Waals surface area contributed by atoms with Crippen LogP contribution in [0.1, 0.15) is 12.8 Å². The molecule has 0 heterocycles. The van der Waals surface area contributed by atoms with E-state index in [2.05, 4.69) is 0 Å². The Kier molecular flexibility index (Phi) is 3.24. The molecule has 0 saturated heterocycles. The van der Waals surface area contributed by atoms with Crippen LogP contribution in [0.2, 0.25) is 0 Å². The van der Waals surface area contributed by atoms with Crippen molar-refractivity contribution in [3.63, 3.8) is 0 Å². The highest BCUT2D eigenvalue weighted by Gasteiger charge is 2.50. The Bertz CT molecular complexity index is 187. The molecule has 0 aromatic rings. The number of hydrogen-bond acceptors (Lipinski definition) is 4. The summed E-state index contributed by atoms with van der Waals surface area (Å²) >= 11 is 0. The van der Waals surface area contributed by atoms with Crippen LogP contribution in [-0.2, 0) is 19.0 Å². The molecule has 0 spiro atoms. The van der Waals surface area contributed by atoms with Crippen LogP contribution in [0.3, 0.4) is 0 Å². The fraction of sp³-hybridized carbons (Fsp3) is 0.875. The Balaban J connectivity index is 2.29. The third kappa shape index (κ3) is 2.40. The Labute approximate surface area is 77.1 Å². The summed E-state index contributed by atoms with van der Waals surface area (Å²) in [5, 5.41) is 0. The Hall–Kier alpha value is -0.650. The smallest absolute Gasteiger partial charge is 0.249 e. The fourth-order valence-corrected chi connectivity index (χ4v) is 1.04. The van der Waals surface area contributed by atoms with Crippen LogP contribution in [0.15, 0.2) is 0 Å². The van der Waals surface area contributed by atoms with Gasteiger partial charge in [0.1, 0.15) is 5.60 Å². The lowest BCUT2D eigenvalue weighted by Crippen LogP contribution is -2.36. The van der Waals surface area contributed by atoms with E-state index in [0.717, 1.165) is 0 Å². The molecule has 0 bridgehead atoms. The molecule has 76 valence electrons. The molecule has 0 aliphatic heterocycles. The van der Waals surface area contributed by atoms with Crippen LogP contribution in [0, 0.1) is 0 Å². The predicted octanol–water partition coefficient (Wildman–Crippen LogP) is -0.360. The number of carbonyl (C=O) groups excluding carboxylic acids is 1. The highest BCUT2D eigenvalue weighted by atomic mass is 16.7. The molecule has 5 heteroatoms. The number of amides is 1. The van der Waals surface area contributed by atoms with Crippen molar-refractivity contribution in [2.24, 2.45) is 5.73 Å². The SMILES string of the molecule is COC(COC1(C(N)=O)CC1)OC. The highest BCUT2D eigenvalue weighted by Crippen LogP contribution is 2.39. The quantitative estimate of drug-likeness (QED) is 0.579. The standard InChI is InChI=1S/C8H15NO4/c1-11-6(12-2)5-13-8(3-4-8)7(9)10/h6H,3-5H2,1-2H3,(H2,9,10). The van der Waals surface area contributed by atoms with Crippen LogP contribution >= 0.6 is 0 Å². The summed E-state index contributed by atoms with van der Waals surface area (Å²) in [6, 6.07) is 0. The monoisotopic (exact) mass is 189 g/mol. The normalized spacial score (nSPS) is 19.0. The molecule has 0 atom stereocenters. The van der Waals surface area contributed by atoms with E-state index in [4.69, 9.17) is 19.9 Å². The fourth-order valence-electron chi connectivity index (χ4n) is 1.04. The molecule has 0 unspecified atom stereocenters. The molecule has 1 fully saturated rings. The molecule has 13 heavy (non-hydrogen) atoms. The molecule has 1 saturated carbocycles. The van der Waals surface area contributed by atoms with Gasteiger partial charge in [-0.1, -0.05) is 0 Å². The topological polar surface area (TPSA) is 70.8 Å². The number of carbonyl (C=O) groups is 1. The van der Waals surface area contributed by atoms with Crippen LogP contribution < -0.4 is 5.73 Å². The summed E-state index contributed by atoms with van der Waals surface area (Å²) in [6.45, 7) is 0.232. The molecule has 0 radical (unpaired) electrons. The summed E-state index contributed by atoms with van der Waals surface area (Å²) in [7, 11) is 3.03. The third-order valence-corrected chi connectivity index (χ3v) is 2.17. The van der Waals surface area contributed by atoms with Crippen LogP contribution in [0.5, 0.6) is 0 Å². The summed E-state index contributed by atoms with van der Waals surface area (Å²) < 4.78 is 15.1. The minimum atomic E-state index is -0.741. The van der Waals surface area contributed by atoms with E-state index >= 15 is 0 Å². The second kappa shape index (κ2) is 4.04. The van der Waals surface area contributed by atoms with Gasteiger partial charge >= 0.3 is 0 Å². The van der Waals surface area contributed by atoms with Gasteiger partial charge in [0.15, 0.2) is 6.29 Å². The first kappa shape index (κ1) is 10.4. The molecular weight excluding hydrogens is 174 g/mol. The van der Waals surface area contributed by atoms with Crippen molar-refractivity contribution in [2.75, 3.05) is 20.8 Å². The Morgan fingerprint density at radius 2 is 2.00 bits per heavy atom. The molecule has 0 aromatic heterocycles. The van der Waals surface area contributed by atoms with E-state index in [1.54, 1.807) is 0 Å². The van der Waals surface area contributed by atoms with Crippen molar-refractivity contribution < 1.29 is 19.0 Å². The lowest BCUT2D eigenvalue weighted by molar-refractivity contribution is -0.163. The average molecular weight is 189 g/mol. The van der Waals surface area contributed by atoms with E-state index in [1.807, 2.05) is 0 Å². The largest absolute Gasteiger partial charge is 0.367 e. The summed E-state index contributed by atoms with van der Waals surface area (Å²) in [4.78, 5) is 10.9. The number of nitrogens with two attached hydrogens (primary N) is 1. The first-order valence-electron chi connectivity index (χ1n) is 4.14. The van der Waals surface area contributed by atoms with Gasteiger partial charge in [0.05, 0.1) is 6.61 Å². The number of ether oxygens (including phenoxy) is 3. The molecule has 2 N–H and O–H groups in total. The van der Waals surface area contributed by atoms with E-state index in [-0.39, 0.29) is 6.61 Å². The molecule has 1 amide bonds. The van der Waals surface area contributed by atoms with E-state index in [0.29, 0.717) is 12.8 Å². The Morgan fingerprint density at radius 1 is 1.46 bits per heavy atom. The van der Waals surface area contributed by atoms with Crippen molar-refractivity contribution >= 4 is 5.91 Å². The maximum absolute atomic E-state index is 10.9. The molecule has 1 aliphatic carbocycles. The summed E-state index contributed by atoms with van der Waals surface area (Å²) in [6.07, 6.45) is 0.960. The van der Waals surface area contributed by atoms with Gasteiger partial charge in [-0.2, -0.15) is 0 Å². The maximum Gasteiger partial charge on any atom is 0.249 e. The molecule has 5 nitrogen and oxygen atoms in total. The first-order valence-corrected chi connectivity index (χ1v) is 4.14. The van der Waals surface area contributed by atoms with E-state index < -0.39 is 17.8 Å². The van der Waals surface area contributed by atoms with Crippen LogP contribution in [-0.4, -0.2) is 38.6 Å². The van der Waals surface area contributed by atoms with Crippen LogP contribution in [0.25, 0.3) is 0 Å². The van der Waals surface area contributed by atoms with E-state index in [1.165, 1.54) is 14.2 Å². The Morgan fingerprint density at radius 3 is 2.31 bits per heavy atom. The maximum atomic E-state index is 10.9. The van der Waals surface area contributed by atoms with Gasteiger partial charge in [0.25, 0.3) is 0 Å². The first-order chi connectivity index (χ1) is 6.14. The molecule has 1 aliphatic rings. The minimum absolute atomic E-state index is 0.232. The zero-order chi connectivity index (χ0) is 9.90. The molecule has 0 aromatic carbocycles.